The van der Waals surface area contributed by atoms with E-state index < -0.39 is 0 Å². The Labute approximate surface area is 177 Å². The molecule has 0 amide bonds. The predicted molar refractivity (Wildman–Crippen MR) is 117 cm³/mol. The van der Waals surface area contributed by atoms with Crippen molar-refractivity contribution in [3.63, 3.8) is 0 Å². The van der Waals surface area contributed by atoms with Crippen molar-refractivity contribution in [2.24, 2.45) is 0 Å². The molecule has 0 aliphatic carbocycles. The van der Waals surface area contributed by atoms with Crippen LogP contribution in [0.15, 0.2) is 83.7 Å². The Morgan fingerprint density at radius 2 is 1.53 bits per heavy atom. The van der Waals surface area contributed by atoms with Crippen molar-refractivity contribution in [3.05, 3.63) is 99.8 Å². The van der Waals surface area contributed by atoms with Gasteiger partial charge < -0.3 is 0 Å². The minimum atomic E-state index is -0.292. The fourth-order valence-electron chi connectivity index (χ4n) is 3.34. The molecule has 3 aromatic carbocycles. The molecule has 2 heterocycles. The summed E-state index contributed by atoms with van der Waals surface area (Å²) in [5, 5.41) is 8.92. The maximum absolute atomic E-state index is 13.5. The number of hydrogen-bond donors (Lipinski definition) is 0. The summed E-state index contributed by atoms with van der Waals surface area (Å²) in [5.74, 6) is 0.509. The number of aromatic nitrogens is 5. The van der Waals surface area contributed by atoms with E-state index in [0.29, 0.717) is 22.2 Å². The molecular weight excluding hydrogens is 398 g/mol. The van der Waals surface area contributed by atoms with Crippen LogP contribution < -0.4 is 5.56 Å². The van der Waals surface area contributed by atoms with E-state index in [0.717, 1.165) is 16.8 Å². The van der Waals surface area contributed by atoms with Crippen molar-refractivity contribution < 1.29 is 0 Å². The molecule has 0 saturated heterocycles. The molecule has 30 heavy (non-hydrogen) atoms. The van der Waals surface area contributed by atoms with Gasteiger partial charge in [-0.25, -0.2) is 4.98 Å². The second-order valence-electron chi connectivity index (χ2n) is 6.93. The number of hydrogen-bond acceptors (Lipinski definition) is 4. The van der Waals surface area contributed by atoms with E-state index in [2.05, 4.69) is 10.3 Å². The molecule has 0 atom stereocenters. The molecule has 0 unspecified atom stereocenters. The predicted octanol–water partition coefficient (Wildman–Crippen LogP) is 4.60. The first kappa shape index (κ1) is 18.3. The number of rotatable bonds is 3. The van der Waals surface area contributed by atoms with Crippen LogP contribution in [0, 0.1) is 6.92 Å². The van der Waals surface area contributed by atoms with E-state index >= 15 is 0 Å². The zero-order chi connectivity index (χ0) is 20.7. The zero-order valence-electron chi connectivity index (χ0n) is 16.0. The molecule has 0 aliphatic rings. The summed E-state index contributed by atoms with van der Waals surface area (Å²) in [5.41, 5.74) is 3.69. The Morgan fingerprint density at radius 1 is 0.833 bits per heavy atom. The van der Waals surface area contributed by atoms with Crippen molar-refractivity contribution in [2.75, 3.05) is 0 Å². The van der Waals surface area contributed by atoms with Crippen LogP contribution in [0.2, 0.25) is 5.02 Å². The van der Waals surface area contributed by atoms with Gasteiger partial charge in [-0.05, 0) is 43.3 Å². The topological polar surface area (TPSA) is 65.6 Å². The van der Waals surface area contributed by atoms with Crippen LogP contribution in [0.1, 0.15) is 5.56 Å². The van der Waals surface area contributed by atoms with E-state index in [-0.39, 0.29) is 11.1 Å². The molecule has 7 heteroatoms. The third-order valence-corrected chi connectivity index (χ3v) is 5.12. The van der Waals surface area contributed by atoms with Crippen molar-refractivity contribution in [1.29, 1.82) is 0 Å². The van der Waals surface area contributed by atoms with Gasteiger partial charge in [0.05, 0.1) is 11.4 Å². The first-order chi connectivity index (χ1) is 14.6. The van der Waals surface area contributed by atoms with Crippen LogP contribution in [0.4, 0.5) is 0 Å². The fraction of sp³-hybridized carbons (Fsp3) is 0.0435. The third-order valence-electron chi connectivity index (χ3n) is 4.87. The first-order valence-electron chi connectivity index (χ1n) is 9.39. The fourth-order valence-corrected chi connectivity index (χ4v) is 3.46. The highest BCUT2D eigenvalue weighted by Gasteiger charge is 2.19. The number of aryl methyl sites for hydroxylation is 1. The Kier molecular flexibility index (Phi) is 4.41. The number of para-hydroxylation sites is 1. The Morgan fingerprint density at radius 3 is 2.23 bits per heavy atom. The number of benzene rings is 3. The highest BCUT2D eigenvalue weighted by Crippen LogP contribution is 2.24. The van der Waals surface area contributed by atoms with Crippen molar-refractivity contribution >= 4 is 22.8 Å². The van der Waals surface area contributed by atoms with Gasteiger partial charge in [0, 0.05) is 10.6 Å². The highest BCUT2D eigenvalue weighted by molar-refractivity contribution is 6.30. The molecule has 5 aromatic rings. The lowest BCUT2D eigenvalue weighted by atomic mass is 10.1. The number of halogens is 1. The summed E-state index contributed by atoms with van der Waals surface area (Å²) in [7, 11) is 0. The summed E-state index contributed by atoms with van der Waals surface area (Å²) >= 11 is 6.05. The van der Waals surface area contributed by atoms with Gasteiger partial charge in [0.2, 0.25) is 0 Å². The Hall–Kier alpha value is -3.77. The highest BCUT2D eigenvalue weighted by atomic mass is 35.5. The van der Waals surface area contributed by atoms with Crippen molar-refractivity contribution in [1.82, 2.24) is 24.5 Å². The van der Waals surface area contributed by atoms with Crippen LogP contribution in [0.5, 0.6) is 0 Å². The smallest absolute Gasteiger partial charge is 0.266 e. The van der Waals surface area contributed by atoms with E-state index in [1.807, 2.05) is 61.5 Å². The lowest BCUT2D eigenvalue weighted by Crippen LogP contribution is -2.22. The summed E-state index contributed by atoms with van der Waals surface area (Å²) < 4.78 is 3.13. The van der Waals surface area contributed by atoms with Crippen LogP contribution >= 0.6 is 11.6 Å². The molecule has 5 rings (SSSR count). The molecule has 2 aromatic heterocycles. The first-order valence-corrected chi connectivity index (χ1v) is 9.76. The van der Waals surface area contributed by atoms with Gasteiger partial charge in [0.1, 0.15) is 5.82 Å². The second-order valence-corrected chi connectivity index (χ2v) is 7.36. The minimum Gasteiger partial charge on any atom is -0.266 e. The molecule has 0 saturated carbocycles. The van der Waals surface area contributed by atoms with Crippen LogP contribution in [-0.4, -0.2) is 24.5 Å². The minimum absolute atomic E-state index is 0.199. The third kappa shape index (κ3) is 3.07. The Balaban J connectivity index is 1.85. The van der Waals surface area contributed by atoms with Gasteiger partial charge >= 0.3 is 0 Å². The molecular formula is C23H16ClN5O. The van der Waals surface area contributed by atoms with Crippen molar-refractivity contribution in [2.45, 2.75) is 6.92 Å². The molecule has 0 N–H and O–H groups in total. The lowest BCUT2D eigenvalue weighted by molar-refractivity contribution is 0.817. The summed E-state index contributed by atoms with van der Waals surface area (Å²) in [6.45, 7) is 2.01. The van der Waals surface area contributed by atoms with E-state index in [1.54, 1.807) is 33.5 Å². The number of fused-ring (bicyclic) bond motifs is 1. The largest absolute Gasteiger partial charge is 0.288 e. The molecule has 0 bridgehead atoms. The van der Waals surface area contributed by atoms with Gasteiger partial charge in [0.15, 0.2) is 11.2 Å². The quantitative estimate of drug-likeness (QED) is 0.433. The summed E-state index contributed by atoms with van der Waals surface area (Å²) in [6, 6.07) is 24.5. The van der Waals surface area contributed by atoms with Crippen LogP contribution in [0.25, 0.3) is 33.9 Å². The second kappa shape index (κ2) is 7.24. The lowest BCUT2D eigenvalue weighted by Gasteiger charge is -2.13. The summed E-state index contributed by atoms with van der Waals surface area (Å²) in [6.07, 6.45) is 0. The molecule has 146 valence electrons. The van der Waals surface area contributed by atoms with Crippen LogP contribution in [-0.2, 0) is 0 Å². The van der Waals surface area contributed by atoms with Gasteiger partial charge in [-0.15, -0.1) is 5.10 Å². The Bertz CT molecular complexity index is 1400. The maximum atomic E-state index is 13.5. The van der Waals surface area contributed by atoms with Gasteiger partial charge in [0.25, 0.3) is 5.56 Å². The molecule has 0 aliphatic heterocycles. The molecule has 0 fully saturated rings. The van der Waals surface area contributed by atoms with E-state index in [9.17, 15) is 4.79 Å². The van der Waals surface area contributed by atoms with Gasteiger partial charge in [-0.3, -0.25) is 9.36 Å². The standard InChI is InChI=1S/C23H16ClN5O/c1-15-7-9-16(10-8-15)21-25-22-20(26-27-29(22)19-5-3-2-4-6-19)23(30)28(21)18-13-11-17(24)12-14-18/h2-14H,1H3. The molecule has 6 nitrogen and oxygen atoms in total. The van der Waals surface area contributed by atoms with E-state index in [4.69, 9.17) is 16.6 Å². The molecule has 0 spiro atoms. The van der Waals surface area contributed by atoms with Gasteiger partial charge in [-0.2, -0.15) is 4.68 Å². The van der Waals surface area contributed by atoms with Gasteiger partial charge in [-0.1, -0.05) is 64.8 Å². The molecule has 0 radical (unpaired) electrons. The van der Waals surface area contributed by atoms with Crippen molar-refractivity contribution in [3.8, 4) is 22.8 Å². The zero-order valence-corrected chi connectivity index (χ0v) is 16.8. The maximum Gasteiger partial charge on any atom is 0.288 e. The number of nitrogens with zero attached hydrogens (tertiary/aromatic N) is 5. The average molecular weight is 414 g/mol. The van der Waals surface area contributed by atoms with E-state index in [1.165, 1.54) is 0 Å². The normalized spacial score (nSPS) is 11.1. The average Bonchev–Trinajstić information content (AvgIpc) is 3.20. The monoisotopic (exact) mass is 413 g/mol. The van der Waals surface area contributed by atoms with Crippen LogP contribution in [0.3, 0.4) is 0 Å². The SMILES string of the molecule is Cc1ccc(-c2nc3c(nnn3-c3ccccc3)c(=O)n2-c2ccc(Cl)cc2)cc1. The summed E-state index contributed by atoms with van der Waals surface area (Å²) in [4.78, 5) is 18.3.